The van der Waals surface area contributed by atoms with Crippen LogP contribution in [0.3, 0.4) is 0 Å². The molecule has 96 valence electrons. The average Bonchev–Trinajstić information content (AvgIpc) is 3.19. The third-order valence-electron chi connectivity index (χ3n) is 2.79. The molecule has 0 atom stereocenters. The fourth-order valence-electron chi connectivity index (χ4n) is 1.57. The molecular weight excluding hydrogens is 232 g/mol. The summed E-state index contributed by atoms with van der Waals surface area (Å²) in [5.41, 5.74) is 0.487. The maximum atomic E-state index is 11.6. The second-order valence-electron chi connectivity index (χ2n) is 4.37. The molecule has 1 saturated carbocycles. The van der Waals surface area contributed by atoms with Crippen molar-refractivity contribution in [2.45, 2.75) is 12.8 Å². The summed E-state index contributed by atoms with van der Waals surface area (Å²) in [6.07, 6.45) is 1.96. The molecule has 5 heteroatoms. The number of hydrogen-bond acceptors (Lipinski definition) is 3. The van der Waals surface area contributed by atoms with Crippen LogP contribution in [0.2, 0.25) is 0 Å². The van der Waals surface area contributed by atoms with Gasteiger partial charge in [0.1, 0.15) is 5.75 Å². The number of hydrogen-bond donors (Lipinski definition) is 3. The van der Waals surface area contributed by atoms with Crippen molar-refractivity contribution in [2.75, 3.05) is 13.1 Å². The van der Waals surface area contributed by atoms with E-state index in [1.54, 1.807) is 12.1 Å². The van der Waals surface area contributed by atoms with Gasteiger partial charge in [-0.3, -0.25) is 9.59 Å². The lowest BCUT2D eigenvalue weighted by molar-refractivity contribution is -0.122. The van der Waals surface area contributed by atoms with Crippen LogP contribution >= 0.6 is 0 Å². The Bertz CT molecular complexity index is 438. The van der Waals surface area contributed by atoms with Gasteiger partial charge < -0.3 is 15.7 Å². The fraction of sp³-hybridized carbons (Fsp3) is 0.385. The van der Waals surface area contributed by atoms with E-state index < -0.39 is 0 Å². The summed E-state index contributed by atoms with van der Waals surface area (Å²) >= 11 is 0. The minimum Gasteiger partial charge on any atom is -0.508 e. The number of rotatable bonds is 5. The summed E-state index contributed by atoms with van der Waals surface area (Å²) in [7, 11) is 0. The molecule has 1 aliphatic rings. The van der Waals surface area contributed by atoms with Crippen LogP contribution in [0.1, 0.15) is 23.2 Å². The second-order valence-corrected chi connectivity index (χ2v) is 4.37. The smallest absolute Gasteiger partial charge is 0.251 e. The van der Waals surface area contributed by atoms with Crippen molar-refractivity contribution in [3.63, 3.8) is 0 Å². The van der Waals surface area contributed by atoms with Gasteiger partial charge in [0.15, 0.2) is 0 Å². The quantitative estimate of drug-likeness (QED) is 0.669. The molecule has 0 unspecified atom stereocenters. The summed E-state index contributed by atoms with van der Waals surface area (Å²) in [4.78, 5) is 22.9. The van der Waals surface area contributed by atoms with Crippen molar-refractivity contribution in [2.24, 2.45) is 5.92 Å². The van der Waals surface area contributed by atoms with Crippen molar-refractivity contribution >= 4 is 11.8 Å². The molecule has 2 amide bonds. The van der Waals surface area contributed by atoms with Crippen molar-refractivity contribution < 1.29 is 14.7 Å². The summed E-state index contributed by atoms with van der Waals surface area (Å²) < 4.78 is 0. The van der Waals surface area contributed by atoms with E-state index in [-0.39, 0.29) is 23.5 Å². The zero-order valence-electron chi connectivity index (χ0n) is 9.98. The third kappa shape index (κ3) is 3.48. The second kappa shape index (κ2) is 5.53. The highest BCUT2D eigenvalue weighted by molar-refractivity contribution is 5.94. The maximum Gasteiger partial charge on any atom is 0.251 e. The summed E-state index contributed by atoms with van der Waals surface area (Å²) in [6, 6.07) is 6.02. The molecule has 2 rings (SSSR count). The molecule has 0 radical (unpaired) electrons. The number of nitrogens with one attached hydrogen (secondary N) is 2. The van der Waals surface area contributed by atoms with Gasteiger partial charge in [-0.2, -0.15) is 0 Å². The molecule has 0 saturated heterocycles. The van der Waals surface area contributed by atoms with E-state index in [1.165, 1.54) is 12.1 Å². The third-order valence-corrected chi connectivity index (χ3v) is 2.79. The Balaban J connectivity index is 1.68. The van der Waals surface area contributed by atoms with Crippen LogP contribution in [0.25, 0.3) is 0 Å². The highest BCUT2D eigenvalue weighted by Gasteiger charge is 2.28. The first kappa shape index (κ1) is 12.4. The van der Waals surface area contributed by atoms with Gasteiger partial charge in [0.05, 0.1) is 0 Å². The SMILES string of the molecule is O=C(NCCNC(=O)C1CC1)c1ccc(O)cc1. The zero-order chi connectivity index (χ0) is 13.0. The molecule has 1 aliphatic carbocycles. The highest BCUT2D eigenvalue weighted by Crippen LogP contribution is 2.28. The van der Waals surface area contributed by atoms with Crippen LogP contribution in [0.4, 0.5) is 0 Å². The monoisotopic (exact) mass is 248 g/mol. The Morgan fingerprint density at radius 1 is 1.11 bits per heavy atom. The number of phenolic OH excluding ortho intramolecular Hbond substituents is 1. The molecule has 0 aromatic heterocycles. The predicted molar refractivity (Wildman–Crippen MR) is 66.2 cm³/mol. The van der Waals surface area contributed by atoms with Crippen molar-refractivity contribution in [3.05, 3.63) is 29.8 Å². The molecule has 1 fully saturated rings. The van der Waals surface area contributed by atoms with E-state index in [0.717, 1.165) is 12.8 Å². The van der Waals surface area contributed by atoms with Gasteiger partial charge in [-0.05, 0) is 37.1 Å². The first-order valence-corrected chi connectivity index (χ1v) is 6.02. The lowest BCUT2D eigenvalue weighted by atomic mass is 10.2. The van der Waals surface area contributed by atoms with E-state index in [0.29, 0.717) is 18.7 Å². The predicted octanol–water partition coefficient (Wildman–Crippen LogP) is 0.648. The Labute approximate surface area is 105 Å². The van der Waals surface area contributed by atoms with Crippen molar-refractivity contribution in [1.82, 2.24) is 10.6 Å². The lowest BCUT2D eigenvalue weighted by Gasteiger charge is -2.06. The molecule has 0 bridgehead atoms. The van der Waals surface area contributed by atoms with E-state index in [9.17, 15) is 9.59 Å². The van der Waals surface area contributed by atoms with Crippen LogP contribution in [-0.4, -0.2) is 30.0 Å². The van der Waals surface area contributed by atoms with Gasteiger partial charge in [-0.15, -0.1) is 0 Å². The zero-order valence-corrected chi connectivity index (χ0v) is 9.98. The average molecular weight is 248 g/mol. The molecule has 18 heavy (non-hydrogen) atoms. The Kier molecular flexibility index (Phi) is 3.82. The molecule has 3 N–H and O–H groups in total. The number of phenols is 1. The van der Waals surface area contributed by atoms with Gasteiger partial charge in [0, 0.05) is 24.6 Å². The number of aromatic hydroxyl groups is 1. The summed E-state index contributed by atoms with van der Waals surface area (Å²) in [5, 5.41) is 14.6. The minimum absolute atomic E-state index is 0.0777. The van der Waals surface area contributed by atoms with Gasteiger partial charge in [-0.1, -0.05) is 0 Å². The Hall–Kier alpha value is -2.04. The number of carbonyl (C=O) groups is 2. The summed E-state index contributed by atoms with van der Waals surface area (Å²) in [5.74, 6) is 0.186. The largest absolute Gasteiger partial charge is 0.508 e. The first-order valence-electron chi connectivity index (χ1n) is 6.02. The molecule has 1 aromatic carbocycles. The molecular formula is C13H16N2O3. The standard InChI is InChI=1S/C13H16N2O3/c16-11-5-3-10(4-6-11)13(18)15-8-7-14-12(17)9-1-2-9/h3-6,9,16H,1-2,7-8H2,(H,14,17)(H,15,18). The van der Waals surface area contributed by atoms with Gasteiger partial charge in [-0.25, -0.2) is 0 Å². The number of amides is 2. The van der Waals surface area contributed by atoms with E-state index >= 15 is 0 Å². The topological polar surface area (TPSA) is 78.4 Å². The van der Waals surface area contributed by atoms with Crippen LogP contribution in [-0.2, 0) is 4.79 Å². The van der Waals surface area contributed by atoms with Gasteiger partial charge in [0.25, 0.3) is 5.91 Å². The fourth-order valence-corrected chi connectivity index (χ4v) is 1.57. The number of benzene rings is 1. The molecule has 0 heterocycles. The van der Waals surface area contributed by atoms with Crippen molar-refractivity contribution in [3.8, 4) is 5.75 Å². The number of carbonyl (C=O) groups excluding carboxylic acids is 2. The van der Waals surface area contributed by atoms with Crippen LogP contribution in [0.15, 0.2) is 24.3 Å². The van der Waals surface area contributed by atoms with E-state index in [1.807, 2.05) is 0 Å². The Morgan fingerprint density at radius 2 is 1.72 bits per heavy atom. The maximum absolute atomic E-state index is 11.6. The van der Waals surface area contributed by atoms with E-state index in [2.05, 4.69) is 10.6 Å². The van der Waals surface area contributed by atoms with Crippen LogP contribution < -0.4 is 10.6 Å². The van der Waals surface area contributed by atoms with Crippen molar-refractivity contribution in [1.29, 1.82) is 0 Å². The van der Waals surface area contributed by atoms with E-state index in [4.69, 9.17) is 5.11 Å². The lowest BCUT2D eigenvalue weighted by Crippen LogP contribution is -2.35. The Morgan fingerprint density at radius 3 is 2.33 bits per heavy atom. The highest BCUT2D eigenvalue weighted by atomic mass is 16.3. The molecule has 1 aromatic rings. The van der Waals surface area contributed by atoms with Crippen LogP contribution in [0.5, 0.6) is 5.75 Å². The van der Waals surface area contributed by atoms with Gasteiger partial charge >= 0.3 is 0 Å². The first-order chi connectivity index (χ1) is 8.66. The molecule has 5 nitrogen and oxygen atoms in total. The molecule has 0 spiro atoms. The minimum atomic E-state index is -0.212. The normalized spacial score (nSPS) is 14.0. The summed E-state index contributed by atoms with van der Waals surface area (Å²) in [6.45, 7) is 0.845. The van der Waals surface area contributed by atoms with Crippen LogP contribution in [0, 0.1) is 5.92 Å². The molecule has 0 aliphatic heterocycles. The van der Waals surface area contributed by atoms with Gasteiger partial charge in [0.2, 0.25) is 5.91 Å².